The fraction of sp³-hybridized carbons (Fsp3) is 0.550. The Labute approximate surface area is 175 Å². The number of anilines is 1. The van der Waals surface area contributed by atoms with Gasteiger partial charge in [-0.1, -0.05) is 25.0 Å². The fourth-order valence-electron chi connectivity index (χ4n) is 3.20. The number of benzene rings is 1. The molecule has 1 aromatic carbocycles. The number of nitrogens with one attached hydrogen (secondary N) is 1. The van der Waals surface area contributed by atoms with Gasteiger partial charge in [0.25, 0.3) is 0 Å². The van der Waals surface area contributed by atoms with Crippen molar-refractivity contribution in [3.8, 4) is 0 Å². The van der Waals surface area contributed by atoms with E-state index in [1.807, 2.05) is 12.1 Å². The van der Waals surface area contributed by atoms with Crippen molar-refractivity contribution in [3.63, 3.8) is 0 Å². The van der Waals surface area contributed by atoms with Crippen LogP contribution in [0.2, 0.25) is 0 Å². The van der Waals surface area contributed by atoms with E-state index in [9.17, 15) is 19.5 Å². The summed E-state index contributed by atoms with van der Waals surface area (Å²) in [6.45, 7) is 2.15. The molecule has 8 nitrogen and oxygen atoms in total. The van der Waals surface area contributed by atoms with Crippen LogP contribution in [0.5, 0.6) is 0 Å². The molecule has 160 valence electrons. The molecule has 0 unspecified atom stereocenters. The van der Waals surface area contributed by atoms with Crippen molar-refractivity contribution in [2.45, 2.75) is 49.6 Å². The fourth-order valence-corrected chi connectivity index (χ4v) is 4.28. The molecule has 0 fully saturated rings. The first kappa shape index (κ1) is 23.2. The van der Waals surface area contributed by atoms with E-state index in [2.05, 4.69) is 5.32 Å². The van der Waals surface area contributed by atoms with Gasteiger partial charge in [-0.3, -0.25) is 24.6 Å². The lowest BCUT2D eigenvalue weighted by atomic mass is 10.1. The molecule has 2 atom stereocenters. The molecule has 0 radical (unpaired) electrons. The summed E-state index contributed by atoms with van der Waals surface area (Å²) in [5.41, 5.74) is 6.10. The zero-order valence-electron chi connectivity index (χ0n) is 16.6. The smallest absolute Gasteiger partial charge is 0.323 e. The second kappa shape index (κ2) is 11.8. The Kier molecular flexibility index (Phi) is 9.43. The lowest BCUT2D eigenvalue weighted by molar-refractivity contribution is -0.146. The van der Waals surface area contributed by atoms with Crippen LogP contribution in [0.25, 0.3) is 0 Å². The number of hydrogen-bond donors (Lipinski definition) is 3. The quantitative estimate of drug-likeness (QED) is 0.363. The predicted molar refractivity (Wildman–Crippen MR) is 112 cm³/mol. The van der Waals surface area contributed by atoms with Crippen LogP contribution in [0.1, 0.15) is 32.6 Å². The van der Waals surface area contributed by atoms with Gasteiger partial charge in [-0.15, -0.1) is 11.8 Å². The third-order valence-electron chi connectivity index (χ3n) is 4.59. The first-order valence-electron chi connectivity index (χ1n) is 9.85. The largest absolute Gasteiger partial charge is 0.480 e. The average molecular weight is 424 g/mol. The Morgan fingerprint density at radius 1 is 1.34 bits per heavy atom. The number of nitrogens with two attached hydrogens (primary N) is 1. The lowest BCUT2D eigenvalue weighted by Gasteiger charge is -2.27. The molecule has 1 heterocycles. The summed E-state index contributed by atoms with van der Waals surface area (Å²) in [5, 5.41) is 12.4. The van der Waals surface area contributed by atoms with Crippen molar-refractivity contribution in [3.05, 3.63) is 24.3 Å². The maximum atomic E-state index is 13.2. The zero-order valence-corrected chi connectivity index (χ0v) is 17.5. The third-order valence-corrected chi connectivity index (χ3v) is 5.75. The number of ether oxygens (including phenoxy) is 1. The van der Waals surface area contributed by atoms with Crippen molar-refractivity contribution in [1.82, 2.24) is 5.32 Å². The highest BCUT2D eigenvalue weighted by Crippen LogP contribution is 2.34. The molecule has 1 aromatic rings. The number of hydrogen-bond acceptors (Lipinski definition) is 7. The number of esters is 1. The summed E-state index contributed by atoms with van der Waals surface area (Å²) in [5.74, 6) is -1.46. The number of para-hydroxylation sites is 1. The second-order valence-electron chi connectivity index (χ2n) is 6.76. The predicted octanol–water partition coefficient (Wildman–Crippen LogP) is 1.62. The first-order chi connectivity index (χ1) is 14.0. The van der Waals surface area contributed by atoms with Gasteiger partial charge in [-0.2, -0.15) is 0 Å². The standard InChI is InChI=1S/C20H29N3O5S/c1-2-28-20(27)14(8-4-3-7-11-21)22-15-13-29-17-10-6-5-9-16(17)23(19(15)26)12-18(24)25/h5-6,9-10,14-15,22H,2-4,7-8,11-13,21H2,1H3,(H,24,25)/t14-,15-/m0/s1. The third kappa shape index (κ3) is 6.73. The van der Waals surface area contributed by atoms with Crippen LogP contribution < -0.4 is 16.0 Å². The highest BCUT2D eigenvalue weighted by atomic mass is 32.2. The molecule has 0 saturated heterocycles. The molecule has 9 heteroatoms. The Bertz CT molecular complexity index is 715. The maximum Gasteiger partial charge on any atom is 0.323 e. The van der Waals surface area contributed by atoms with Gasteiger partial charge in [0, 0.05) is 10.6 Å². The molecule has 0 spiro atoms. The number of amides is 1. The van der Waals surface area contributed by atoms with Crippen molar-refractivity contribution >= 4 is 35.3 Å². The number of rotatable bonds is 11. The Morgan fingerprint density at radius 2 is 2.10 bits per heavy atom. The minimum Gasteiger partial charge on any atom is -0.480 e. The maximum absolute atomic E-state index is 13.2. The van der Waals surface area contributed by atoms with Crippen LogP contribution in [0, 0.1) is 0 Å². The van der Waals surface area contributed by atoms with Gasteiger partial charge in [0.2, 0.25) is 5.91 Å². The van der Waals surface area contributed by atoms with E-state index in [1.165, 1.54) is 16.7 Å². The summed E-state index contributed by atoms with van der Waals surface area (Å²) >= 11 is 1.46. The molecule has 29 heavy (non-hydrogen) atoms. The van der Waals surface area contributed by atoms with Crippen LogP contribution in [-0.2, 0) is 19.1 Å². The summed E-state index contributed by atoms with van der Waals surface area (Å²) in [6, 6.07) is 5.89. The summed E-state index contributed by atoms with van der Waals surface area (Å²) < 4.78 is 5.17. The number of carbonyl (C=O) groups excluding carboxylic acids is 2. The molecule has 0 saturated carbocycles. The summed E-state index contributed by atoms with van der Waals surface area (Å²) in [4.78, 5) is 39.0. The van der Waals surface area contributed by atoms with Gasteiger partial charge in [0.15, 0.2) is 0 Å². The minimum absolute atomic E-state index is 0.254. The van der Waals surface area contributed by atoms with E-state index in [4.69, 9.17) is 10.5 Å². The number of thioether (sulfide) groups is 1. The average Bonchev–Trinajstić information content (AvgIpc) is 2.82. The van der Waals surface area contributed by atoms with Crippen LogP contribution in [0.3, 0.4) is 0 Å². The van der Waals surface area contributed by atoms with Crippen molar-refractivity contribution in [2.75, 3.05) is 30.3 Å². The Morgan fingerprint density at radius 3 is 2.79 bits per heavy atom. The molecular weight excluding hydrogens is 394 g/mol. The first-order valence-corrected chi connectivity index (χ1v) is 10.8. The van der Waals surface area contributed by atoms with E-state index in [1.54, 1.807) is 19.1 Å². The zero-order chi connectivity index (χ0) is 21.2. The molecule has 2 rings (SSSR count). The van der Waals surface area contributed by atoms with Gasteiger partial charge in [0.05, 0.1) is 18.3 Å². The topological polar surface area (TPSA) is 122 Å². The number of nitrogens with zero attached hydrogens (tertiary/aromatic N) is 1. The molecule has 1 aliphatic heterocycles. The van der Waals surface area contributed by atoms with Gasteiger partial charge in [-0.25, -0.2) is 0 Å². The summed E-state index contributed by atoms with van der Waals surface area (Å²) in [6.07, 6.45) is 3.06. The van der Waals surface area contributed by atoms with E-state index < -0.39 is 30.6 Å². The van der Waals surface area contributed by atoms with E-state index in [-0.39, 0.29) is 12.5 Å². The summed E-state index contributed by atoms with van der Waals surface area (Å²) in [7, 11) is 0. The molecule has 0 bridgehead atoms. The molecule has 1 aliphatic rings. The molecule has 1 amide bonds. The van der Waals surface area contributed by atoms with Gasteiger partial charge >= 0.3 is 11.9 Å². The van der Waals surface area contributed by atoms with Crippen LogP contribution in [0.15, 0.2) is 29.2 Å². The van der Waals surface area contributed by atoms with Crippen LogP contribution in [-0.4, -0.2) is 60.5 Å². The Hall–Kier alpha value is -2.10. The Balaban J connectivity index is 2.18. The minimum atomic E-state index is -1.09. The van der Waals surface area contributed by atoms with E-state index >= 15 is 0 Å². The lowest BCUT2D eigenvalue weighted by Crippen LogP contribution is -2.54. The van der Waals surface area contributed by atoms with Gasteiger partial charge < -0.3 is 15.6 Å². The number of aliphatic carboxylic acids is 1. The molecule has 4 N–H and O–H groups in total. The number of fused-ring (bicyclic) bond motifs is 1. The normalized spacial score (nSPS) is 17.4. The monoisotopic (exact) mass is 423 g/mol. The van der Waals surface area contributed by atoms with Crippen LogP contribution >= 0.6 is 11.8 Å². The van der Waals surface area contributed by atoms with Crippen LogP contribution in [0.4, 0.5) is 5.69 Å². The van der Waals surface area contributed by atoms with Crippen molar-refractivity contribution < 1.29 is 24.2 Å². The second-order valence-corrected chi connectivity index (χ2v) is 7.82. The highest BCUT2D eigenvalue weighted by molar-refractivity contribution is 7.99. The molecular formula is C20H29N3O5S. The molecule has 0 aliphatic carbocycles. The highest BCUT2D eigenvalue weighted by Gasteiger charge is 2.34. The number of carboxylic acid groups (broad SMARTS) is 1. The molecule has 0 aromatic heterocycles. The number of carbonyl (C=O) groups is 3. The van der Waals surface area contributed by atoms with E-state index in [0.717, 1.165) is 24.2 Å². The van der Waals surface area contributed by atoms with Gasteiger partial charge in [0.1, 0.15) is 12.6 Å². The van der Waals surface area contributed by atoms with Crippen molar-refractivity contribution in [1.29, 1.82) is 0 Å². The van der Waals surface area contributed by atoms with Crippen molar-refractivity contribution in [2.24, 2.45) is 5.73 Å². The number of unbranched alkanes of at least 4 members (excludes halogenated alkanes) is 2. The SMILES string of the molecule is CCOC(=O)[C@H](CCCCCN)N[C@H]1CSc2ccccc2N(CC(=O)O)C1=O. The number of carboxylic acids is 1. The van der Waals surface area contributed by atoms with E-state index in [0.29, 0.717) is 24.4 Å². The van der Waals surface area contributed by atoms with Gasteiger partial charge in [-0.05, 0) is 38.4 Å².